The van der Waals surface area contributed by atoms with Gasteiger partial charge in [-0.3, -0.25) is 13.9 Å². The van der Waals surface area contributed by atoms with Crippen molar-refractivity contribution in [2.45, 2.75) is 45.7 Å². The number of likely N-dealkylation sites (N-methyl/N-ethyl adjacent to an activating group) is 1. The maximum atomic E-state index is 13.3. The van der Waals surface area contributed by atoms with E-state index in [9.17, 15) is 18.0 Å². The highest BCUT2D eigenvalue weighted by molar-refractivity contribution is 7.92. The van der Waals surface area contributed by atoms with Crippen molar-refractivity contribution in [3.05, 3.63) is 59.7 Å². The van der Waals surface area contributed by atoms with Crippen molar-refractivity contribution in [1.82, 2.24) is 10.2 Å². The lowest BCUT2D eigenvalue weighted by Crippen LogP contribution is -2.48. The van der Waals surface area contributed by atoms with Gasteiger partial charge in [0.25, 0.3) is 0 Å². The van der Waals surface area contributed by atoms with Crippen molar-refractivity contribution in [2.75, 3.05) is 31.3 Å². The highest BCUT2D eigenvalue weighted by Gasteiger charge is 2.28. The Bertz CT molecular complexity index is 1090. The number of hydrogen-bond acceptors (Lipinski definition) is 5. The summed E-state index contributed by atoms with van der Waals surface area (Å²) in [4.78, 5) is 27.4. The van der Waals surface area contributed by atoms with Crippen LogP contribution in [0.1, 0.15) is 37.3 Å². The van der Waals surface area contributed by atoms with Crippen LogP contribution in [0.3, 0.4) is 0 Å². The molecule has 2 aromatic rings. The summed E-state index contributed by atoms with van der Waals surface area (Å²) in [6.07, 6.45) is 1.98. The number of nitrogens with zero attached hydrogens (tertiary/aromatic N) is 2. The van der Waals surface area contributed by atoms with Crippen LogP contribution in [-0.4, -0.2) is 58.1 Å². The van der Waals surface area contributed by atoms with Crippen LogP contribution in [0, 0.1) is 6.92 Å². The van der Waals surface area contributed by atoms with Gasteiger partial charge < -0.3 is 15.0 Å². The molecule has 2 rings (SSSR count). The number of benzene rings is 2. The summed E-state index contributed by atoms with van der Waals surface area (Å²) >= 11 is 0. The van der Waals surface area contributed by atoms with E-state index < -0.39 is 16.1 Å². The fourth-order valence-corrected chi connectivity index (χ4v) is 4.84. The van der Waals surface area contributed by atoms with Crippen LogP contribution < -0.4 is 14.4 Å². The van der Waals surface area contributed by atoms with Crippen LogP contribution in [0.2, 0.25) is 0 Å². The number of carbonyl (C=O) groups is 2. The number of amides is 2. The van der Waals surface area contributed by atoms with Crippen molar-refractivity contribution >= 4 is 27.5 Å². The molecular formula is C25H35N3O5S. The molecular weight excluding hydrogens is 454 g/mol. The van der Waals surface area contributed by atoms with Gasteiger partial charge in [-0.1, -0.05) is 43.3 Å². The third-order valence-electron chi connectivity index (χ3n) is 5.74. The Labute approximate surface area is 202 Å². The molecule has 0 spiro atoms. The summed E-state index contributed by atoms with van der Waals surface area (Å²) in [6.45, 7) is 4.25. The van der Waals surface area contributed by atoms with Crippen molar-refractivity contribution < 1.29 is 22.7 Å². The van der Waals surface area contributed by atoms with Crippen LogP contribution in [0.5, 0.6) is 5.75 Å². The zero-order valence-electron chi connectivity index (χ0n) is 20.6. The van der Waals surface area contributed by atoms with E-state index in [-0.39, 0.29) is 24.8 Å². The molecule has 0 saturated carbocycles. The van der Waals surface area contributed by atoms with E-state index in [4.69, 9.17) is 4.74 Å². The number of para-hydroxylation sites is 2. The largest absolute Gasteiger partial charge is 0.495 e. The highest BCUT2D eigenvalue weighted by Crippen LogP contribution is 2.29. The molecule has 1 N–H and O–H groups in total. The van der Waals surface area contributed by atoms with Crippen molar-refractivity contribution in [3.8, 4) is 5.75 Å². The molecule has 0 unspecified atom stereocenters. The Morgan fingerprint density at radius 3 is 2.32 bits per heavy atom. The summed E-state index contributed by atoms with van der Waals surface area (Å²) in [5, 5.41) is 2.65. The van der Waals surface area contributed by atoms with Gasteiger partial charge in [0.2, 0.25) is 21.8 Å². The number of sulfonamides is 1. The van der Waals surface area contributed by atoms with Crippen LogP contribution in [0.4, 0.5) is 5.69 Å². The highest BCUT2D eigenvalue weighted by atomic mass is 32.2. The van der Waals surface area contributed by atoms with E-state index in [1.54, 1.807) is 36.2 Å². The number of nitrogens with one attached hydrogen (secondary N) is 1. The maximum absolute atomic E-state index is 13.3. The lowest BCUT2D eigenvalue weighted by atomic mass is 10.1. The number of methoxy groups -OCH3 is 1. The molecule has 0 aliphatic heterocycles. The normalized spacial score (nSPS) is 12.0. The van der Waals surface area contributed by atoms with Crippen molar-refractivity contribution in [2.24, 2.45) is 0 Å². The zero-order chi connectivity index (χ0) is 25.3. The SMILES string of the molecule is CC[C@@H](C(=O)NC)N(Cc1ccccc1C)C(=O)CCCN(c1ccccc1OC)S(C)(=O)=O. The van der Waals surface area contributed by atoms with E-state index in [0.29, 0.717) is 30.8 Å². The quantitative estimate of drug-likeness (QED) is 0.494. The maximum Gasteiger partial charge on any atom is 0.242 e. The molecule has 2 aromatic carbocycles. The Morgan fingerprint density at radius 2 is 1.74 bits per heavy atom. The first-order valence-corrected chi connectivity index (χ1v) is 13.1. The topological polar surface area (TPSA) is 96.0 Å². The minimum absolute atomic E-state index is 0.0978. The monoisotopic (exact) mass is 489 g/mol. The van der Waals surface area contributed by atoms with E-state index in [1.807, 2.05) is 38.1 Å². The average molecular weight is 490 g/mol. The molecule has 0 aromatic heterocycles. The fraction of sp³-hybridized carbons (Fsp3) is 0.440. The average Bonchev–Trinajstić information content (AvgIpc) is 2.81. The number of aryl methyl sites for hydroxylation is 1. The Balaban J connectivity index is 2.23. The molecule has 0 bridgehead atoms. The van der Waals surface area contributed by atoms with Gasteiger partial charge in [0.05, 0.1) is 19.1 Å². The second-order valence-corrected chi connectivity index (χ2v) is 10.0. The van der Waals surface area contributed by atoms with Crippen LogP contribution >= 0.6 is 0 Å². The second-order valence-electron chi connectivity index (χ2n) is 8.10. The standard InChI is InChI=1S/C25H35N3O5S/c1-6-21(25(30)26-3)27(18-20-13-8-7-12-19(20)2)24(29)16-11-17-28(34(5,31)32)22-14-9-10-15-23(22)33-4/h7-10,12-15,21H,6,11,16-18H2,1-5H3,(H,26,30)/t21-/m0/s1. The molecule has 0 aliphatic carbocycles. The second kappa shape index (κ2) is 12.4. The predicted octanol–water partition coefficient (Wildman–Crippen LogP) is 3.10. The number of hydrogen-bond donors (Lipinski definition) is 1. The summed E-state index contributed by atoms with van der Waals surface area (Å²) in [6, 6.07) is 14.0. The van der Waals surface area contributed by atoms with E-state index in [1.165, 1.54) is 11.4 Å². The number of carbonyl (C=O) groups excluding carboxylic acids is 2. The third kappa shape index (κ3) is 6.96. The van der Waals surface area contributed by atoms with Gasteiger partial charge in [0.15, 0.2) is 0 Å². The third-order valence-corrected chi connectivity index (χ3v) is 6.92. The van der Waals surface area contributed by atoms with Crippen LogP contribution in [0.25, 0.3) is 0 Å². The first-order valence-electron chi connectivity index (χ1n) is 11.3. The first kappa shape index (κ1) is 27.2. The van der Waals surface area contributed by atoms with Gasteiger partial charge in [0, 0.05) is 26.6 Å². The van der Waals surface area contributed by atoms with E-state index in [2.05, 4.69) is 5.32 Å². The Kier molecular flexibility index (Phi) is 9.92. The molecule has 8 nitrogen and oxygen atoms in total. The molecule has 34 heavy (non-hydrogen) atoms. The Morgan fingerprint density at radius 1 is 1.09 bits per heavy atom. The van der Waals surface area contributed by atoms with Crippen LogP contribution in [0.15, 0.2) is 48.5 Å². The van der Waals surface area contributed by atoms with Crippen molar-refractivity contribution in [3.63, 3.8) is 0 Å². The van der Waals surface area contributed by atoms with Gasteiger partial charge in [-0.15, -0.1) is 0 Å². The molecule has 0 saturated heterocycles. The minimum atomic E-state index is -3.60. The summed E-state index contributed by atoms with van der Waals surface area (Å²) in [5.41, 5.74) is 2.42. The molecule has 9 heteroatoms. The molecule has 0 aliphatic rings. The van der Waals surface area contributed by atoms with E-state index >= 15 is 0 Å². The first-order chi connectivity index (χ1) is 16.1. The van der Waals surface area contributed by atoms with Gasteiger partial charge >= 0.3 is 0 Å². The van der Waals surface area contributed by atoms with Gasteiger partial charge in [-0.25, -0.2) is 8.42 Å². The fourth-order valence-electron chi connectivity index (χ4n) is 3.88. The summed E-state index contributed by atoms with van der Waals surface area (Å²) in [7, 11) is -0.561. The summed E-state index contributed by atoms with van der Waals surface area (Å²) in [5.74, 6) is 0.00879. The van der Waals surface area contributed by atoms with Crippen LogP contribution in [-0.2, 0) is 26.2 Å². The zero-order valence-corrected chi connectivity index (χ0v) is 21.4. The minimum Gasteiger partial charge on any atom is -0.495 e. The predicted molar refractivity (Wildman–Crippen MR) is 134 cm³/mol. The van der Waals surface area contributed by atoms with Gasteiger partial charge in [-0.2, -0.15) is 0 Å². The molecule has 0 radical (unpaired) electrons. The molecule has 0 heterocycles. The lowest BCUT2D eigenvalue weighted by molar-refractivity contribution is -0.141. The Hall–Kier alpha value is -3.07. The van der Waals surface area contributed by atoms with Gasteiger partial charge in [-0.05, 0) is 43.0 Å². The van der Waals surface area contributed by atoms with Crippen molar-refractivity contribution in [1.29, 1.82) is 0 Å². The lowest BCUT2D eigenvalue weighted by Gasteiger charge is -2.31. The number of rotatable bonds is 12. The molecule has 2 amide bonds. The smallest absolute Gasteiger partial charge is 0.242 e. The number of ether oxygens (including phenoxy) is 1. The van der Waals surface area contributed by atoms with E-state index in [0.717, 1.165) is 17.4 Å². The molecule has 186 valence electrons. The van der Waals surface area contributed by atoms with Gasteiger partial charge in [0.1, 0.15) is 11.8 Å². The molecule has 0 fully saturated rings. The molecule has 1 atom stereocenters. The number of anilines is 1. The summed E-state index contributed by atoms with van der Waals surface area (Å²) < 4.78 is 31.6.